The van der Waals surface area contributed by atoms with Gasteiger partial charge in [0.15, 0.2) is 11.5 Å². The summed E-state index contributed by atoms with van der Waals surface area (Å²) in [7, 11) is 0. The first-order chi connectivity index (χ1) is 14.1. The number of hydrogen-bond acceptors (Lipinski definition) is 6. The number of rotatable bonds is 9. The van der Waals surface area contributed by atoms with Crippen LogP contribution in [0.15, 0.2) is 64.3 Å². The Morgan fingerprint density at radius 3 is 2.72 bits per heavy atom. The number of carboxylic acids is 1. The molecule has 0 aliphatic rings. The van der Waals surface area contributed by atoms with Gasteiger partial charge in [-0.25, -0.2) is 4.79 Å². The summed E-state index contributed by atoms with van der Waals surface area (Å²) in [5.41, 5.74) is 1.99. The lowest BCUT2D eigenvalue weighted by atomic mass is 10.1. The predicted molar refractivity (Wildman–Crippen MR) is 109 cm³/mol. The number of benzene rings is 2. The van der Waals surface area contributed by atoms with E-state index in [4.69, 9.17) is 30.8 Å². The lowest BCUT2D eigenvalue weighted by Crippen LogP contribution is -2.13. The highest BCUT2D eigenvalue weighted by molar-refractivity contribution is 6.30. The smallest absolute Gasteiger partial charge is 0.335 e. The van der Waals surface area contributed by atoms with Gasteiger partial charge in [0.25, 0.3) is 0 Å². The standard InChI is InChI=1S/C21H19ClN2O5/c1-2-10-28-23-19(13-27-17-5-3-4-15(11-17)21(25)26)20-12-18(24-29-20)14-6-8-16(22)9-7-14/h3-9,11-12H,2,10,13H2,1H3,(H,25,26). The van der Waals surface area contributed by atoms with Crippen LogP contribution in [0.5, 0.6) is 5.75 Å². The molecule has 1 heterocycles. The van der Waals surface area contributed by atoms with E-state index in [1.54, 1.807) is 30.3 Å². The van der Waals surface area contributed by atoms with Crippen LogP contribution in [0, 0.1) is 0 Å². The van der Waals surface area contributed by atoms with E-state index in [0.29, 0.717) is 34.5 Å². The van der Waals surface area contributed by atoms with E-state index in [2.05, 4.69) is 10.3 Å². The maximum Gasteiger partial charge on any atom is 0.335 e. The van der Waals surface area contributed by atoms with Crippen molar-refractivity contribution in [2.24, 2.45) is 5.16 Å². The summed E-state index contributed by atoms with van der Waals surface area (Å²) < 4.78 is 11.1. The summed E-state index contributed by atoms with van der Waals surface area (Å²) in [4.78, 5) is 16.4. The van der Waals surface area contributed by atoms with E-state index < -0.39 is 5.97 Å². The quantitative estimate of drug-likeness (QED) is 0.304. The van der Waals surface area contributed by atoms with Crippen LogP contribution in [-0.2, 0) is 4.84 Å². The Hall–Kier alpha value is -3.32. The van der Waals surface area contributed by atoms with Gasteiger partial charge in [0.05, 0.1) is 5.56 Å². The van der Waals surface area contributed by atoms with Crippen LogP contribution in [0.2, 0.25) is 5.02 Å². The van der Waals surface area contributed by atoms with E-state index in [-0.39, 0.29) is 12.2 Å². The third kappa shape index (κ3) is 5.58. The van der Waals surface area contributed by atoms with E-state index in [1.165, 1.54) is 12.1 Å². The molecule has 8 heteroatoms. The molecule has 2 aromatic carbocycles. The fourth-order valence-corrected chi connectivity index (χ4v) is 2.52. The van der Waals surface area contributed by atoms with Crippen molar-refractivity contribution in [3.63, 3.8) is 0 Å². The number of nitrogens with zero attached hydrogens (tertiary/aromatic N) is 2. The number of halogens is 1. The molecular weight excluding hydrogens is 396 g/mol. The highest BCUT2D eigenvalue weighted by Crippen LogP contribution is 2.22. The van der Waals surface area contributed by atoms with E-state index >= 15 is 0 Å². The van der Waals surface area contributed by atoms with Crippen LogP contribution in [0.1, 0.15) is 29.5 Å². The lowest BCUT2D eigenvalue weighted by Gasteiger charge is -2.07. The molecule has 0 aliphatic carbocycles. The number of oxime groups is 1. The van der Waals surface area contributed by atoms with Gasteiger partial charge in [-0.15, -0.1) is 0 Å². The first-order valence-electron chi connectivity index (χ1n) is 8.95. The molecule has 3 rings (SSSR count). The molecule has 0 radical (unpaired) electrons. The Labute approximate surface area is 172 Å². The third-order valence-electron chi connectivity index (χ3n) is 3.86. The summed E-state index contributed by atoms with van der Waals surface area (Å²) >= 11 is 5.92. The molecule has 0 saturated heterocycles. The number of carbonyl (C=O) groups is 1. The monoisotopic (exact) mass is 414 g/mol. The minimum Gasteiger partial charge on any atom is -0.487 e. The Bertz CT molecular complexity index is 998. The number of hydrogen-bond donors (Lipinski definition) is 1. The second-order valence-corrected chi connectivity index (χ2v) is 6.51. The summed E-state index contributed by atoms with van der Waals surface area (Å²) in [5.74, 6) is -0.246. The molecule has 29 heavy (non-hydrogen) atoms. The largest absolute Gasteiger partial charge is 0.487 e. The molecular formula is C21H19ClN2O5. The average molecular weight is 415 g/mol. The molecule has 150 valence electrons. The van der Waals surface area contributed by atoms with E-state index in [1.807, 2.05) is 19.1 Å². The summed E-state index contributed by atoms with van der Waals surface area (Å²) in [6.07, 6.45) is 0.796. The number of ether oxygens (including phenoxy) is 1. The fourth-order valence-electron chi connectivity index (χ4n) is 2.40. The van der Waals surface area contributed by atoms with Crippen LogP contribution >= 0.6 is 11.6 Å². The highest BCUT2D eigenvalue weighted by atomic mass is 35.5. The van der Waals surface area contributed by atoms with Crippen LogP contribution in [0.4, 0.5) is 0 Å². The normalized spacial score (nSPS) is 11.3. The molecule has 0 spiro atoms. The maximum atomic E-state index is 11.1. The Balaban J connectivity index is 1.79. The van der Waals surface area contributed by atoms with Crippen molar-refractivity contribution in [1.29, 1.82) is 0 Å². The van der Waals surface area contributed by atoms with Gasteiger partial charge in [0, 0.05) is 16.7 Å². The van der Waals surface area contributed by atoms with Crippen LogP contribution < -0.4 is 4.74 Å². The van der Waals surface area contributed by atoms with Gasteiger partial charge in [-0.05, 0) is 36.8 Å². The van der Waals surface area contributed by atoms with Crippen LogP contribution in [0.25, 0.3) is 11.3 Å². The molecule has 0 amide bonds. The molecule has 0 saturated carbocycles. The zero-order valence-corrected chi connectivity index (χ0v) is 16.4. The van der Waals surface area contributed by atoms with Crippen molar-refractivity contribution >= 4 is 23.3 Å². The molecule has 1 aromatic heterocycles. The third-order valence-corrected chi connectivity index (χ3v) is 4.11. The Kier molecular flexibility index (Phi) is 6.86. The minimum absolute atomic E-state index is 0.0159. The van der Waals surface area contributed by atoms with Crippen molar-refractivity contribution in [1.82, 2.24) is 5.16 Å². The van der Waals surface area contributed by atoms with Gasteiger partial charge >= 0.3 is 5.97 Å². The van der Waals surface area contributed by atoms with Gasteiger partial charge in [-0.3, -0.25) is 0 Å². The molecule has 3 aromatic rings. The molecule has 0 fully saturated rings. The summed E-state index contributed by atoms with van der Waals surface area (Å²) in [6.45, 7) is 2.42. The fraction of sp³-hybridized carbons (Fsp3) is 0.190. The first kappa shape index (κ1) is 20.4. The van der Waals surface area contributed by atoms with Crippen molar-refractivity contribution < 1.29 is 24.0 Å². The summed E-state index contributed by atoms with van der Waals surface area (Å²) in [6, 6.07) is 15.1. The number of aromatic nitrogens is 1. The van der Waals surface area contributed by atoms with Crippen LogP contribution in [-0.4, -0.2) is 35.2 Å². The van der Waals surface area contributed by atoms with Gasteiger partial charge in [0.2, 0.25) is 0 Å². The summed E-state index contributed by atoms with van der Waals surface area (Å²) in [5, 5.41) is 17.9. The minimum atomic E-state index is -1.03. The molecule has 1 N–H and O–H groups in total. The first-order valence-corrected chi connectivity index (χ1v) is 9.32. The van der Waals surface area contributed by atoms with Crippen molar-refractivity contribution in [3.05, 3.63) is 70.9 Å². The second kappa shape index (κ2) is 9.75. The number of carboxylic acid groups (broad SMARTS) is 1. The lowest BCUT2D eigenvalue weighted by molar-refractivity contribution is 0.0696. The molecule has 0 atom stereocenters. The van der Waals surface area contributed by atoms with E-state index in [0.717, 1.165) is 12.0 Å². The van der Waals surface area contributed by atoms with Gasteiger partial charge in [0.1, 0.15) is 24.7 Å². The number of aromatic carboxylic acids is 1. The molecule has 7 nitrogen and oxygen atoms in total. The van der Waals surface area contributed by atoms with Crippen LogP contribution in [0.3, 0.4) is 0 Å². The SMILES string of the molecule is CCCON=C(COc1cccc(C(=O)O)c1)c1cc(-c2ccc(Cl)cc2)no1. The topological polar surface area (TPSA) is 94.2 Å². The molecule has 0 bridgehead atoms. The second-order valence-electron chi connectivity index (χ2n) is 6.08. The average Bonchev–Trinajstić information content (AvgIpc) is 3.21. The predicted octanol–water partition coefficient (Wildman–Crippen LogP) is 4.90. The highest BCUT2D eigenvalue weighted by Gasteiger charge is 2.15. The zero-order chi connectivity index (χ0) is 20.6. The Morgan fingerprint density at radius 2 is 2.00 bits per heavy atom. The maximum absolute atomic E-state index is 11.1. The van der Waals surface area contributed by atoms with E-state index in [9.17, 15) is 4.79 Å². The molecule has 0 unspecified atom stereocenters. The zero-order valence-electron chi connectivity index (χ0n) is 15.7. The van der Waals surface area contributed by atoms with Gasteiger partial charge in [-0.2, -0.15) is 0 Å². The molecule has 0 aliphatic heterocycles. The van der Waals surface area contributed by atoms with Crippen molar-refractivity contribution in [2.75, 3.05) is 13.2 Å². The van der Waals surface area contributed by atoms with Crippen molar-refractivity contribution in [2.45, 2.75) is 13.3 Å². The van der Waals surface area contributed by atoms with Crippen molar-refractivity contribution in [3.8, 4) is 17.0 Å². The Morgan fingerprint density at radius 1 is 1.21 bits per heavy atom. The van der Waals surface area contributed by atoms with Gasteiger partial charge < -0.3 is 19.2 Å². The van der Waals surface area contributed by atoms with Gasteiger partial charge in [-0.1, -0.05) is 47.0 Å².